The maximum atomic E-state index is 12.5. The quantitative estimate of drug-likeness (QED) is 0.707. The third kappa shape index (κ3) is 3.89. The molecule has 3 aromatic rings. The Labute approximate surface area is 156 Å². The number of carbonyl (C=O) groups is 2. The van der Waals surface area contributed by atoms with Gasteiger partial charge in [0.1, 0.15) is 0 Å². The van der Waals surface area contributed by atoms with Crippen molar-refractivity contribution in [2.75, 3.05) is 0 Å². The molecule has 0 aliphatic rings. The Morgan fingerprint density at radius 2 is 1.88 bits per heavy atom. The standard InChI is InChI=1S/C20H20ClN3O2/c1-13-5-7-14(8-6-13)12-24(20(22)26)18(25)10-9-15-11-23-19-16(15)3-2-4-17(19)21/h2-8,11,23H,9-10,12H2,1H3,(H2,22,26). The second kappa shape index (κ2) is 7.62. The van der Waals surface area contributed by atoms with Crippen molar-refractivity contribution in [3.8, 4) is 0 Å². The van der Waals surface area contributed by atoms with E-state index in [1.807, 2.05) is 55.6 Å². The molecule has 3 amide bonds. The van der Waals surface area contributed by atoms with E-state index in [4.69, 9.17) is 17.3 Å². The van der Waals surface area contributed by atoms with E-state index in [1.54, 1.807) is 0 Å². The van der Waals surface area contributed by atoms with E-state index in [9.17, 15) is 9.59 Å². The summed E-state index contributed by atoms with van der Waals surface area (Å²) in [5.74, 6) is -0.297. The average molecular weight is 370 g/mol. The van der Waals surface area contributed by atoms with Crippen LogP contribution in [0.25, 0.3) is 10.9 Å². The predicted molar refractivity (Wildman–Crippen MR) is 103 cm³/mol. The van der Waals surface area contributed by atoms with Crippen LogP contribution in [-0.4, -0.2) is 21.8 Å². The fourth-order valence-corrected chi connectivity index (χ4v) is 3.15. The molecule has 1 heterocycles. The molecule has 0 aliphatic heterocycles. The lowest BCUT2D eigenvalue weighted by Gasteiger charge is -2.18. The second-order valence-corrected chi connectivity index (χ2v) is 6.69. The number of benzene rings is 2. The molecule has 0 unspecified atom stereocenters. The van der Waals surface area contributed by atoms with Gasteiger partial charge in [0.05, 0.1) is 17.1 Å². The second-order valence-electron chi connectivity index (χ2n) is 6.28. The molecular weight excluding hydrogens is 350 g/mol. The number of para-hydroxylation sites is 1. The van der Waals surface area contributed by atoms with E-state index in [0.29, 0.717) is 11.4 Å². The first-order valence-corrected chi connectivity index (χ1v) is 8.73. The molecule has 2 aromatic carbocycles. The number of aryl methyl sites for hydroxylation is 2. The number of amides is 3. The molecule has 0 saturated heterocycles. The van der Waals surface area contributed by atoms with Crippen LogP contribution in [0.2, 0.25) is 5.02 Å². The van der Waals surface area contributed by atoms with Crippen LogP contribution >= 0.6 is 11.6 Å². The molecule has 0 radical (unpaired) electrons. The maximum Gasteiger partial charge on any atom is 0.321 e. The topological polar surface area (TPSA) is 79.2 Å². The smallest absolute Gasteiger partial charge is 0.321 e. The number of imide groups is 1. The Morgan fingerprint density at radius 3 is 2.58 bits per heavy atom. The number of fused-ring (bicyclic) bond motifs is 1. The zero-order valence-corrected chi connectivity index (χ0v) is 15.2. The largest absolute Gasteiger partial charge is 0.360 e. The maximum absolute atomic E-state index is 12.5. The van der Waals surface area contributed by atoms with Crippen molar-refractivity contribution in [2.45, 2.75) is 26.3 Å². The molecule has 0 atom stereocenters. The van der Waals surface area contributed by atoms with Crippen molar-refractivity contribution in [1.29, 1.82) is 0 Å². The van der Waals surface area contributed by atoms with Crippen molar-refractivity contribution in [2.24, 2.45) is 5.73 Å². The Bertz CT molecular complexity index is 947. The van der Waals surface area contributed by atoms with Gasteiger partial charge in [-0.2, -0.15) is 0 Å². The fourth-order valence-electron chi connectivity index (χ4n) is 2.92. The highest BCUT2D eigenvalue weighted by molar-refractivity contribution is 6.35. The average Bonchev–Trinajstić information content (AvgIpc) is 3.03. The van der Waals surface area contributed by atoms with Gasteiger partial charge in [0.2, 0.25) is 5.91 Å². The number of rotatable bonds is 5. The van der Waals surface area contributed by atoms with Crippen LogP contribution in [0.1, 0.15) is 23.1 Å². The Kier molecular flexibility index (Phi) is 5.28. The summed E-state index contributed by atoms with van der Waals surface area (Å²) in [4.78, 5) is 28.5. The lowest BCUT2D eigenvalue weighted by atomic mass is 10.1. The summed E-state index contributed by atoms with van der Waals surface area (Å²) >= 11 is 6.16. The molecule has 26 heavy (non-hydrogen) atoms. The lowest BCUT2D eigenvalue weighted by molar-refractivity contribution is -0.128. The van der Waals surface area contributed by atoms with E-state index >= 15 is 0 Å². The molecule has 3 rings (SSSR count). The number of nitrogens with one attached hydrogen (secondary N) is 1. The van der Waals surface area contributed by atoms with E-state index in [1.165, 1.54) is 0 Å². The molecular formula is C20H20ClN3O2. The molecule has 0 saturated carbocycles. The zero-order chi connectivity index (χ0) is 18.7. The molecule has 0 aliphatic carbocycles. The van der Waals surface area contributed by atoms with Crippen molar-refractivity contribution in [1.82, 2.24) is 9.88 Å². The number of urea groups is 1. The molecule has 0 spiro atoms. The molecule has 0 bridgehead atoms. The van der Waals surface area contributed by atoms with Gasteiger partial charge in [-0.15, -0.1) is 0 Å². The zero-order valence-electron chi connectivity index (χ0n) is 14.5. The number of carbonyl (C=O) groups excluding carboxylic acids is 2. The molecule has 6 heteroatoms. The van der Waals surface area contributed by atoms with E-state index in [0.717, 1.165) is 32.5 Å². The van der Waals surface area contributed by atoms with Gasteiger partial charge in [-0.3, -0.25) is 9.69 Å². The summed E-state index contributed by atoms with van der Waals surface area (Å²) in [5.41, 5.74) is 9.23. The third-order valence-electron chi connectivity index (χ3n) is 4.39. The summed E-state index contributed by atoms with van der Waals surface area (Å²) in [5, 5.41) is 1.62. The number of halogens is 1. The number of aromatic nitrogens is 1. The van der Waals surface area contributed by atoms with Crippen LogP contribution in [0.4, 0.5) is 4.79 Å². The van der Waals surface area contributed by atoms with Crippen molar-refractivity contribution in [3.63, 3.8) is 0 Å². The highest BCUT2D eigenvalue weighted by Crippen LogP contribution is 2.26. The Morgan fingerprint density at radius 1 is 1.15 bits per heavy atom. The van der Waals surface area contributed by atoms with Crippen LogP contribution in [-0.2, 0) is 17.8 Å². The van der Waals surface area contributed by atoms with Crippen LogP contribution in [0.15, 0.2) is 48.7 Å². The number of hydrogen-bond acceptors (Lipinski definition) is 2. The summed E-state index contributed by atoms with van der Waals surface area (Å²) < 4.78 is 0. The van der Waals surface area contributed by atoms with Crippen LogP contribution < -0.4 is 5.73 Å². The number of H-pyrrole nitrogens is 1. The van der Waals surface area contributed by atoms with Gasteiger partial charge in [-0.25, -0.2) is 4.79 Å². The predicted octanol–water partition coefficient (Wildman–Crippen LogP) is 4.17. The first-order chi connectivity index (χ1) is 12.5. The molecule has 0 fully saturated rings. The Balaban J connectivity index is 1.70. The SMILES string of the molecule is Cc1ccc(CN(C(N)=O)C(=O)CCc2c[nH]c3c(Cl)cccc23)cc1. The third-order valence-corrected chi connectivity index (χ3v) is 4.70. The van der Waals surface area contributed by atoms with Crippen LogP contribution in [0, 0.1) is 6.92 Å². The van der Waals surface area contributed by atoms with Crippen molar-refractivity contribution < 1.29 is 9.59 Å². The van der Waals surface area contributed by atoms with E-state index < -0.39 is 6.03 Å². The summed E-state index contributed by atoms with van der Waals surface area (Å²) in [6.07, 6.45) is 2.53. The van der Waals surface area contributed by atoms with Crippen LogP contribution in [0.5, 0.6) is 0 Å². The summed E-state index contributed by atoms with van der Waals surface area (Å²) in [6.45, 7) is 2.16. The molecule has 1 aromatic heterocycles. The van der Waals surface area contributed by atoms with Gasteiger partial charge in [-0.1, -0.05) is 53.6 Å². The number of nitrogens with two attached hydrogens (primary N) is 1. The molecule has 3 N–H and O–H groups in total. The van der Waals surface area contributed by atoms with Gasteiger partial charge < -0.3 is 10.7 Å². The van der Waals surface area contributed by atoms with E-state index in [-0.39, 0.29) is 18.9 Å². The molecule has 5 nitrogen and oxygen atoms in total. The monoisotopic (exact) mass is 369 g/mol. The van der Waals surface area contributed by atoms with Gasteiger partial charge in [-0.05, 0) is 30.5 Å². The number of hydrogen-bond donors (Lipinski definition) is 2. The minimum atomic E-state index is -0.738. The number of aromatic amines is 1. The molecule has 134 valence electrons. The van der Waals surface area contributed by atoms with Gasteiger partial charge >= 0.3 is 6.03 Å². The Hall–Kier alpha value is -2.79. The van der Waals surface area contributed by atoms with Gasteiger partial charge in [0.15, 0.2) is 0 Å². The minimum Gasteiger partial charge on any atom is -0.360 e. The minimum absolute atomic E-state index is 0.175. The first kappa shape index (κ1) is 18.0. The number of primary amides is 1. The highest BCUT2D eigenvalue weighted by Gasteiger charge is 2.19. The van der Waals surface area contributed by atoms with E-state index in [2.05, 4.69) is 4.98 Å². The van der Waals surface area contributed by atoms with Crippen molar-refractivity contribution >= 4 is 34.4 Å². The number of nitrogens with zero attached hydrogens (tertiary/aromatic N) is 1. The lowest BCUT2D eigenvalue weighted by Crippen LogP contribution is -2.40. The van der Waals surface area contributed by atoms with Crippen molar-refractivity contribution in [3.05, 3.63) is 70.4 Å². The van der Waals surface area contributed by atoms with Gasteiger partial charge in [0, 0.05) is 18.0 Å². The van der Waals surface area contributed by atoms with Gasteiger partial charge in [0.25, 0.3) is 0 Å². The highest BCUT2D eigenvalue weighted by atomic mass is 35.5. The fraction of sp³-hybridized carbons (Fsp3) is 0.200. The first-order valence-electron chi connectivity index (χ1n) is 8.35. The summed E-state index contributed by atoms with van der Waals surface area (Å²) in [7, 11) is 0. The van der Waals surface area contributed by atoms with Crippen LogP contribution in [0.3, 0.4) is 0 Å². The normalized spacial score (nSPS) is 10.8. The summed E-state index contributed by atoms with van der Waals surface area (Å²) in [6, 6.07) is 12.6.